The Morgan fingerprint density at radius 3 is 2.74 bits per heavy atom. The highest BCUT2D eigenvalue weighted by Crippen LogP contribution is 2.25. The van der Waals surface area contributed by atoms with Crippen molar-refractivity contribution in [2.75, 3.05) is 25.0 Å². The first-order valence-corrected chi connectivity index (χ1v) is 8.09. The Hall–Kier alpha value is -2.37. The van der Waals surface area contributed by atoms with Crippen LogP contribution in [0.25, 0.3) is 0 Å². The number of carbonyl (C=O) groups is 1. The van der Waals surface area contributed by atoms with E-state index in [1.807, 2.05) is 20.0 Å². The van der Waals surface area contributed by atoms with Crippen LogP contribution in [0, 0.1) is 0 Å². The number of para-hydroxylation sites is 1. The molecule has 2 aromatic rings. The van der Waals surface area contributed by atoms with Crippen molar-refractivity contribution in [1.29, 1.82) is 0 Å². The highest BCUT2D eigenvalue weighted by atomic mass is 16.2. The van der Waals surface area contributed by atoms with Crippen LogP contribution in [-0.4, -0.2) is 45.7 Å². The van der Waals surface area contributed by atoms with Gasteiger partial charge in [0.2, 0.25) is 5.91 Å². The maximum atomic E-state index is 12.6. The first-order valence-electron chi connectivity index (χ1n) is 8.09. The van der Waals surface area contributed by atoms with Crippen LogP contribution < -0.4 is 4.90 Å². The number of amides is 1. The average molecular weight is 313 g/mol. The zero-order valence-corrected chi connectivity index (χ0v) is 13.7. The highest BCUT2D eigenvalue weighted by molar-refractivity contribution is 5.79. The van der Waals surface area contributed by atoms with Gasteiger partial charge in [0.1, 0.15) is 18.7 Å². The van der Waals surface area contributed by atoms with E-state index >= 15 is 0 Å². The van der Waals surface area contributed by atoms with E-state index in [9.17, 15) is 4.79 Å². The van der Waals surface area contributed by atoms with Gasteiger partial charge in [0, 0.05) is 32.4 Å². The van der Waals surface area contributed by atoms with Crippen LogP contribution >= 0.6 is 0 Å². The van der Waals surface area contributed by atoms with Crippen LogP contribution in [0.5, 0.6) is 0 Å². The zero-order chi connectivity index (χ0) is 16.2. The van der Waals surface area contributed by atoms with E-state index in [0.717, 1.165) is 13.1 Å². The van der Waals surface area contributed by atoms with Crippen LogP contribution in [0.2, 0.25) is 0 Å². The lowest BCUT2D eigenvalue weighted by molar-refractivity contribution is -0.133. The molecule has 1 aromatic heterocycles. The molecular weight excluding hydrogens is 290 g/mol. The molecule has 6 heteroatoms. The van der Waals surface area contributed by atoms with Crippen LogP contribution in [0.4, 0.5) is 5.69 Å². The number of carbonyl (C=O) groups excluding carboxylic acids is 1. The minimum Gasteiger partial charge on any atom is -0.371 e. The fourth-order valence-corrected chi connectivity index (χ4v) is 3.09. The predicted octanol–water partition coefficient (Wildman–Crippen LogP) is 2.10. The van der Waals surface area contributed by atoms with Gasteiger partial charge in [-0.15, -0.1) is 0 Å². The van der Waals surface area contributed by atoms with Gasteiger partial charge >= 0.3 is 0 Å². The number of likely N-dealkylation sites (N-methyl/N-ethyl adjacent to an activating group) is 1. The summed E-state index contributed by atoms with van der Waals surface area (Å²) in [5, 5.41) is 4.06. The van der Waals surface area contributed by atoms with E-state index in [1.54, 1.807) is 15.9 Å². The minimum absolute atomic E-state index is 0.0340. The molecule has 1 unspecified atom stereocenters. The molecule has 1 aromatic carbocycles. The van der Waals surface area contributed by atoms with E-state index in [4.69, 9.17) is 0 Å². The largest absolute Gasteiger partial charge is 0.371 e. The Morgan fingerprint density at radius 1 is 1.30 bits per heavy atom. The number of nitrogens with zero attached hydrogens (tertiary/aromatic N) is 5. The molecule has 1 saturated heterocycles. The van der Waals surface area contributed by atoms with Crippen molar-refractivity contribution in [2.24, 2.45) is 0 Å². The maximum Gasteiger partial charge on any atom is 0.247 e. The summed E-state index contributed by atoms with van der Waals surface area (Å²) >= 11 is 0. The van der Waals surface area contributed by atoms with Gasteiger partial charge in [-0.2, -0.15) is 5.10 Å². The Labute approximate surface area is 136 Å². The number of hydrogen-bond acceptors (Lipinski definition) is 4. The van der Waals surface area contributed by atoms with Crippen molar-refractivity contribution in [3.8, 4) is 0 Å². The number of aromatic nitrogens is 3. The molecule has 6 nitrogen and oxygen atoms in total. The average Bonchev–Trinajstić information content (AvgIpc) is 3.27. The molecule has 0 N–H and O–H groups in total. The lowest BCUT2D eigenvalue weighted by Crippen LogP contribution is -2.33. The molecule has 0 saturated carbocycles. The summed E-state index contributed by atoms with van der Waals surface area (Å²) < 4.78 is 1.59. The number of rotatable bonds is 5. The summed E-state index contributed by atoms with van der Waals surface area (Å²) in [5.41, 5.74) is 2.44. The van der Waals surface area contributed by atoms with Crippen molar-refractivity contribution in [3.63, 3.8) is 0 Å². The molecule has 1 amide bonds. The summed E-state index contributed by atoms with van der Waals surface area (Å²) in [7, 11) is 1.84. The van der Waals surface area contributed by atoms with Crippen molar-refractivity contribution in [3.05, 3.63) is 42.5 Å². The number of benzene rings is 1. The van der Waals surface area contributed by atoms with Crippen molar-refractivity contribution in [2.45, 2.75) is 32.4 Å². The van der Waals surface area contributed by atoms with E-state index in [2.05, 4.69) is 33.2 Å². The molecule has 1 aliphatic rings. The van der Waals surface area contributed by atoms with Crippen LogP contribution in [0.3, 0.4) is 0 Å². The van der Waals surface area contributed by atoms with Gasteiger partial charge in [-0.3, -0.25) is 4.79 Å². The Balaban J connectivity index is 1.72. The van der Waals surface area contributed by atoms with Crippen LogP contribution in [-0.2, 0) is 11.3 Å². The van der Waals surface area contributed by atoms with Gasteiger partial charge in [0.05, 0.1) is 0 Å². The normalized spacial score (nSPS) is 15.7. The SMILES string of the molecule is CC(C(=O)N(C)Cc1ccccc1N1CCCC1)n1cncn1. The van der Waals surface area contributed by atoms with Crippen LogP contribution in [0.15, 0.2) is 36.9 Å². The van der Waals surface area contributed by atoms with Gasteiger partial charge < -0.3 is 9.80 Å². The van der Waals surface area contributed by atoms with Gasteiger partial charge in [0.15, 0.2) is 0 Å². The summed E-state index contributed by atoms with van der Waals surface area (Å²) in [6.45, 7) is 4.65. The van der Waals surface area contributed by atoms with Crippen molar-refractivity contribution in [1.82, 2.24) is 19.7 Å². The van der Waals surface area contributed by atoms with E-state index in [1.165, 1.54) is 30.4 Å². The number of hydrogen-bond donors (Lipinski definition) is 0. The minimum atomic E-state index is -0.346. The van der Waals surface area contributed by atoms with Gasteiger partial charge in [-0.25, -0.2) is 9.67 Å². The molecule has 1 fully saturated rings. The highest BCUT2D eigenvalue weighted by Gasteiger charge is 2.22. The molecule has 0 spiro atoms. The topological polar surface area (TPSA) is 54.3 Å². The predicted molar refractivity (Wildman–Crippen MR) is 89.1 cm³/mol. The van der Waals surface area contributed by atoms with Crippen LogP contribution in [0.1, 0.15) is 31.4 Å². The quantitative estimate of drug-likeness (QED) is 0.848. The molecule has 0 bridgehead atoms. The second-order valence-electron chi connectivity index (χ2n) is 6.07. The molecule has 1 aliphatic heterocycles. The molecule has 122 valence electrons. The lowest BCUT2D eigenvalue weighted by atomic mass is 10.1. The van der Waals surface area contributed by atoms with Gasteiger partial charge in [-0.05, 0) is 31.4 Å². The molecule has 0 radical (unpaired) electrons. The fourth-order valence-electron chi connectivity index (χ4n) is 3.09. The second-order valence-corrected chi connectivity index (χ2v) is 6.07. The lowest BCUT2D eigenvalue weighted by Gasteiger charge is -2.26. The Morgan fingerprint density at radius 2 is 2.04 bits per heavy atom. The summed E-state index contributed by atoms with van der Waals surface area (Å²) in [5.74, 6) is 0.0340. The maximum absolute atomic E-state index is 12.6. The number of anilines is 1. The molecule has 23 heavy (non-hydrogen) atoms. The third kappa shape index (κ3) is 3.36. The van der Waals surface area contributed by atoms with E-state index in [-0.39, 0.29) is 11.9 Å². The van der Waals surface area contributed by atoms with Gasteiger partial charge in [-0.1, -0.05) is 18.2 Å². The zero-order valence-electron chi connectivity index (χ0n) is 13.7. The Bertz CT molecular complexity index is 649. The monoisotopic (exact) mass is 313 g/mol. The third-order valence-corrected chi connectivity index (χ3v) is 4.41. The molecule has 1 atom stereocenters. The van der Waals surface area contributed by atoms with Gasteiger partial charge in [0.25, 0.3) is 0 Å². The standard InChI is InChI=1S/C17H23N5O/c1-14(22-13-18-12-19-22)17(23)20(2)11-15-7-3-4-8-16(15)21-9-5-6-10-21/h3-4,7-8,12-14H,5-6,9-11H2,1-2H3. The molecule has 2 heterocycles. The smallest absolute Gasteiger partial charge is 0.247 e. The summed E-state index contributed by atoms with van der Waals surface area (Å²) in [6, 6.07) is 8.02. The molecule has 0 aliphatic carbocycles. The summed E-state index contributed by atoms with van der Waals surface area (Å²) in [4.78, 5) is 20.7. The second kappa shape index (κ2) is 6.81. The Kier molecular flexibility index (Phi) is 4.60. The molecule has 3 rings (SSSR count). The van der Waals surface area contributed by atoms with Crippen molar-refractivity contribution >= 4 is 11.6 Å². The van der Waals surface area contributed by atoms with Crippen molar-refractivity contribution < 1.29 is 4.79 Å². The first kappa shape index (κ1) is 15.5. The fraction of sp³-hybridized carbons (Fsp3) is 0.471. The summed E-state index contributed by atoms with van der Waals surface area (Å²) in [6.07, 6.45) is 5.51. The van der Waals surface area contributed by atoms with E-state index in [0.29, 0.717) is 6.54 Å². The third-order valence-electron chi connectivity index (χ3n) is 4.41. The first-order chi connectivity index (χ1) is 11.2. The molecular formula is C17H23N5O. The van der Waals surface area contributed by atoms with E-state index < -0.39 is 0 Å².